The molecule has 0 aromatic heterocycles. The highest BCUT2D eigenvalue weighted by Gasteiger charge is 2.29. The molecule has 0 aliphatic rings. The highest BCUT2D eigenvalue weighted by molar-refractivity contribution is 5.49. The summed E-state index contributed by atoms with van der Waals surface area (Å²) in [6.45, 7) is 6.69. The molecule has 1 aromatic rings. The number of carbonyl (C=O) groups is 1. The van der Waals surface area contributed by atoms with Crippen LogP contribution >= 0.6 is 0 Å². The van der Waals surface area contributed by atoms with E-state index in [0.29, 0.717) is 12.3 Å². The first-order valence-electron chi connectivity index (χ1n) is 5.60. The van der Waals surface area contributed by atoms with E-state index in [2.05, 4.69) is 45.0 Å². The third-order valence-corrected chi connectivity index (χ3v) is 3.49. The van der Waals surface area contributed by atoms with Crippen LogP contribution in [0.15, 0.2) is 30.3 Å². The van der Waals surface area contributed by atoms with Gasteiger partial charge in [-0.25, -0.2) is 0 Å². The van der Waals surface area contributed by atoms with Crippen LogP contribution in [0.1, 0.15) is 39.2 Å². The Kier molecular flexibility index (Phi) is 4.07. The van der Waals surface area contributed by atoms with Crippen LogP contribution in [0.4, 0.5) is 0 Å². The zero-order chi connectivity index (χ0) is 11.3. The van der Waals surface area contributed by atoms with E-state index < -0.39 is 0 Å². The summed E-state index contributed by atoms with van der Waals surface area (Å²) in [5, 5.41) is 0. The van der Waals surface area contributed by atoms with E-state index in [9.17, 15) is 4.79 Å². The fourth-order valence-electron chi connectivity index (χ4n) is 1.94. The van der Waals surface area contributed by atoms with Crippen LogP contribution in [-0.2, 0) is 10.2 Å². The Bertz CT molecular complexity index is 302. The van der Waals surface area contributed by atoms with Crippen LogP contribution in [0, 0.1) is 5.92 Å². The Morgan fingerprint density at radius 1 is 1.27 bits per heavy atom. The molecule has 82 valence electrons. The molecule has 0 saturated carbocycles. The van der Waals surface area contributed by atoms with Gasteiger partial charge in [0.25, 0.3) is 0 Å². The summed E-state index contributed by atoms with van der Waals surface area (Å²) in [4.78, 5) is 10.5. The van der Waals surface area contributed by atoms with Crippen molar-refractivity contribution in [1.82, 2.24) is 0 Å². The molecule has 1 nitrogen and oxygen atoms in total. The SMILES string of the molecule is CC(C)C(C)(CCC=O)c1ccccc1. The number of hydrogen-bond acceptors (Lipinski definition) is 1. The molecule has 0 bridgehead atoms. The molecule has 0 saturated heterocycles. The molecule has 1 unspecified atom stereocenters. The van der Waals surface area contributed by atoms with Gasteiger partial charge in [-0.1, -0.05) is 51.1 Å². The molecule has 1 rings (SSSR count). The predicted octanol–water partition coefficient (Wildman–Crippen LogP) is 3.58. The third-order valence-electron chi connectivity index (χ3n) is 3.49. The van der Waals surface area contributed by atoms with Gasteiger partial charge in [0.1, 0.15) is 6.29 Å². The molecule has 15 heavy (non-hydrogen) atoms. The summed E-state index contributed by atoms with van der Waals surface area (Å²) in [6.07, 6.45) is 2.59. The van der Waals surface area contributed by atoms with Crippen molar-refractivity contribution in [3.8, 4) is 0 Å². The highest BCUT2D eigenvalue weighted by atomic mass is 16.1. The molecule has 0 radical (unpaired) electrons. The first kappa shape index (κ1) is 12.0. The molecule has 1 atom stereocenters. The largest absolute Gasteiger partial charge is 0.303 e. The molecular weight excluding hydrogens is 184 g/mol. The minimum Gasteiger partial charge on any atom is -0.303 e. The van der Waals surface area contributed by atoms with Crippen LogP contribution < -0.4 is 0 Å². The van der Waals surface area contributed by atoms with Gasteiger partial charge >= 0.3 is 0 Å². The van der Waals surface area contributed by atoms with Crippen molar-refractivity contribution in [2.45, 2.75) is 39.0 Å². The molecular formula is C14H20O. The lowest BCUT2D eigenvalue weighted by Gasteiger charge is -2.34. The average molecular weight is 204 g/mol. The van der Waals surface area contributed by atoms with Gasteiger partial charge in [0, 0.05) is 6.42 Å². The van der Waals surface area contributed by atoms with Crippen molar-refractivity contribution in [1.29, 1.82) is 0 Å². The van der Waals surface area contributed by atoms with Crippen LogP contribution in [0.25, 0.3) is 0 Å². The van der Waals surface area contributed by atoms with Crippen LogP contribution in [0.2, 0.25) is 0 Å². The fourth-order valence-corrected chi connectivity index (χ4v) is 1.94. The molecule has 0 amide bonds. The van der Waals surface area contributed by atoms with Crippen molar-refractivity contribution in [2.75, 3.05) is 0 Å². The topological polar surface area (TPSA) is 17.1 Å². The lowest BCUT2D eigenvalue weighted by Crippen LogP contribution is -2.28. The molecule has 0 fully saturated rings. The number of rotatable bonds is 5. The van der Waals surface area contributed by atoms with Gasteiger partial charge in [-0.2, -0.15) is 0 Å². The van der Waals surface area contributed by atoms with Gasteiger partial charge in [-0.3, -0.25) is 0 Å². The Hall–Kier alpha value is -1.11. The molecule has 1 heteroatoms. The van der Waals surface area contributed by atoms with E-state index in [1.807, 2.05) is 6.07 Å². The van der Waals surface area contributed by atoms with Gasteiger partial charge in [-0.15, -0.1) is 0 Å². The second kappa shape index (κ2) is 5.11. The second-order valence-corrected chi connectivity index (χ2v) is 4.64. The number of benzene rings is 1. The van der Waals surface area contributed by atoms with Gasteiger partial charge in [0.05, 0.1) is 0 Å². The Balaban J connectivity index is 2.96. The van der Waals surface area contributed by atoms with Gasteiger partial charge < -0.3 is 4.79 Å². The maximum atomic E-state index is 10.5. The zero-order valence-corrected chi connectivity index (χ0v) is 9.86. The highest BCUT2D eigenvalue weighted by Crippen LogP contribution is 2.35. The number of aldehydes is 1. The zero-order valence-electron chi connectivity index (χ0n) is 9.86. The first-order chi connectivity index (χ1) is 7.11. The summed E-state index contributed by atoms with van der Waals surface area (Å²) < 4.78 is 0. The van der Waals surface area contributed by atoms with Crippen molar-refractivity contribution in [3.05, 3.63) is 35.9 Å². The second-order valence-electron chi connectivity index (χ2n) is 4.64. The minimum atomic E-state index is 0.113. The van der Waals surface area contributed by atoms with Gasteiger partial charge in [0.15, 0.2) is 0 Å². The summed E-state index contributed by atoms with van der Waals surface area (Å²) in [6, 6.07) is 10.5. The lowest BCUT2D eigenvalue weighted by molar-refractivity contribution is -0.108. The lowest BCUT2D eigenvalue weighted by atomic mass is 9.70. The molecule has 0 aliphatic carbocycles. The van der Waals surface area contributed by atoms with Crippen LogP contribution in [-0.4, -0.2) is 6.29 Å². The first-order valence-corrected chi connectivity index (χ1v) is 5.60. The maximum absolute atomic E-state index is 10.5. The van der Waals surface area contributed by atoms with Crippen LogP contribution in [0.5, 0.6) is 0 Å². The van der Waals surface area contributed by atoms with E-state index >= 15 is 0 Å². The van der Waals surface area contributed by atoms with Crippen molar-refractivity contribution in [3.63, 3.8) is 0 Å². The molecule has 0 N–H and O–H groups in total. The monoisotopic (exact) mass is 204 g/mol. The third kappa shape index (κ3) is 2.68. The summed E-state index contributed by atoms with van der Waals surface area (Å²) in [5.74, 6) is 0.542. The minimum absolute atomic E-state index is 0.113. The van der Waals surface area contributed by atoms with Gasteiger partial charge in [0.2, 0.25) is 0 Å². The average Bonchev–Trinajstić information content (AvgIpc) is 2.27. The summed E-state index contributed by atoms with van der Waals surface area (Å²) >= 11 is 0. The summed E-state index contributed by atoms with van der Waals surface area (Å²) in [7, 11) is 0. The van der Waals surface area contributed by atoms with E-state index in [1.165, 1.54) is 5.56 Å². The van der Waals surface area contributed by atoms with E-state index in [1.54, 1.807) is 0 Å². The van der Waals surface area contributed by atoms with Crippen molar-refractivity contribution in [2.24, 2.45) is 5.92 Å². The van der Waals surface area contributed by atoms with Gasteiger partial charge in [-0.05, 0) is 23.3 Å². The van der Waals surface area contributed by atoms with E-state index in [4.69, 9.17) is 0 Å². The molecule has 0 heterocycles. The molecule has 0 spiro atoms. The smallest absolute Gasteiger partial charge is 0.120 e. The van der Waals surface area contributed by atoms with Crippen molar-refractivity contribution >= 4 is 6.29 Å². The summed E-state index contributed by atoms with van der Waals surface area (Å²) in [5.41, 5.74) is 1.45. The number of hydrogen-bond donors (Lipinski definition) is 0. The molecule has 0 aliphatic heterocycles. The Morgan fingerprint density at radius 2 is 1.87 bits per heavy atom. The van der Waals surface area contributed by atoms with Crippen molar-refractivity contribution < 1.29 is 4.79 Å². The maximum Gasteiger partial charge on any atom is 0.120 e. The fraction of sp³-hybridized carbons (Fsp3) is 0.500. The Labute approximate surface area is 92.5 Å². The standard InChI is InChI=1S/C14H20O/c1-12(2)14(3,10-7-11-15)13-8-5-4-6-9-13/h4-6,8-9,11-12H,7,10H2,1-3H3. The molecule has 1 aromatic carbocycles. The normalized spacial score (nSPS) is 14.9. The predicted molar refractivity (Wildman–Crippen MR) is 63.9 cm³/mol. The number of carbonyl (C=O) groups excluding carboxylic acids is 1. The van der Waals surface area contributed by atoms with Crippen LogP contribution in [0.3, 0.4) is 0 Å². The quantitative estimate of drug-likeness (QED) is 0.670. The van der Waals surface area contributed by atoms with E-state index in [-0.39, 0.29) is 5.41 Å². The Morgan fingerprint density at radius 3 is 2.33 bits per heavy atom. The van der Waals surface area contributed by atoms with E-state index in [0.717, 1.165) is 12.7 Å².